The molecule has 0 bridgehead atoms. The molecule has 0 aliphatic rings. The summed E-state index contributed by atoms with van der Waals surface area (Å²) in [6.45, 7) is 4.47. The van der Waals surface area contributed by atoms with Crippen molar-refractivity contribution < 1.29 is 14.4 Å². The van der Waals surface area contributed by atoms with Crippen molar-refractivity contribution in [3.63, 3.8) is 0 Å². The van der Waals surface area contributed by atoms with Crippen LogP contribution in [-0.2, 0) is 6.42 Å². The van der Waals surface area contributed by atoms with Crippen molar-refractivity contribution >= 4 is 5.69 Å². The maximum absolute atomic E-state index is 11.5. The Balaban J connectivity index is 2.48. The van der Waals surface area contributed by atoms with Crippen molar-refractivity contribution in [1.29, 1.82) is 0 Å². The van der Waals surface area contributed by atoms with E-state index in [9.17, 15) is 20.2 Å². The molecule has 0 saturated heterocycles. The van der Waals surface area contributed by atoms with Gasteiger partial charge < -0.3 is 4.52 Å². The number of nitrogens with zero attached hydrogens (tertiary/aromatic N) is 3. The molecule has 0 aliphatic carbocycles. The van der Waals surface area contributed by atoms with E-state index in [4.69, 9.17) is 4.52 Å². The molecule has 8 nitrogen and oxygen atoms in total. The summed E-state index contributed by atoms with van der Waals surface area (Å²) < 4.78 is 5.07. The highest BCUT2D eigenvalue weighted by Gasteiger charge is 2.44. The molecule has 23 heavy (non-hydrogen) atoms. The third-order valence-corrected chi connectivity index (χ3v) is 4.00. The highest BCUT2D eigenvalue weighted by Crippen LogP contribution is 2.36. The van der Waals surface area contributed by atoms with Crippen molar-refractivity contribution in [3.8, 4) is 0 Å². The standard InChI is InChI=1S/C15H17N3O5/c1-10-14(17(19)20)13(23-16-10)9-12(15(2,3)18(21)22)11-7-5-4-6-8-11/h4-8,12H,9H2,1-3H3/t12-/m0/s1. The molecular weight excluding hydrogens is 302 g/mol. The molecule has 2 aromatic rings. The fraction of sp³-hybridized carbons (Fsp3) is 0.400. The van der Waals surface area contributed by atoms with Crippen molar-refractivity contribution in [2.75, 3.05) is 0 Å². The van der Waals surface area contributed by atoms with E-state index in [0.29, 0.717) is 0 Å². The Labute approximate surface area is 132 Å². The average molecular weight is 319 g/mol. The zero-order chi connectivity index (χ0) is 17.2. The van der Waals surface area contributed by atoms with Gasteiger partial charge in [0.1, 0.15) is 0 Å². The van der Waals surface area contributed by atoms with Gasteiger partial charge in [0.25, 0.3) is 0 Å². The predicted molar refractivity (Wildman–Crippen MR) is 81.9 cm³/mol. The Kier molecular flexibility index (Phi) is 4.44. The van der Waals surface area contributed by atoms with Gasteiger partial charge >= 0.3 is 5.69 Å². The highest BCUT2D eigenvalue weighted by molar-refractivity contribution is 5.39. The Hall–Kier alpha value is -2.77. The van der Waals surface area contributed by atoms with Gasteiger partial charge in [-0.25, -0.2) is 0 Å². The molecule has 0 aliphatic heterocycles. The molecule has 0 unspecified atom stereocenters. The van der Waals surface area contributed by atoms with Crippen molar-refractivity contribution in [3.05, 3.63) is 67.6 Å². The van der Waals surface area contributed by atoms with E-state index in [1.54, 1.807) is 30.3 Å². The van der Waals surface area contributed by atoms with Gasteiger partial charge in [0, 0.05) is 25.2 Å². The summed E-state index contributed by atoms with van der Waals surface area (Å²) in [5.41, 5.74) is -0.658. The van der Waals surface area contributed by atoms with E-state index < -0.39 is 16.4 Å². The molecule has 0 amide bonds. The summed E-state index contributed by atoms with van der Waals surface area (Å²) in [4.78, 5) is 21.7. The van der Waals surface area contributed by atoms with Crippen LogP contribution in [0, 0.1) is 27.2 Å². The van der Waals surface area contributed by atoms with Gasteiger partial charge in [0.05, 0.1) is 10.8 Å². The minimum absolute atomic E-state index is 0.0230. The molecule has 122 valence electrons. The lowest BCUT2D eigenvalue weighted by molar-refractivity contribution is -0.565. The minimum Gasteiger partial charge on any atom is -0.354 e. The van der Waals surface area contributed by atoms with Gasteiger partial charge in [0.2, 0.25) is 11.3 Å². The van der Waals surface area contributed by atoms with Crippen LogP contribution in [0.1, 0.15) is 36.8 Å². The second-order valence-corrected chi connectivity index (χ2v) is 5.88. The molecule has 0 fully saturated rings. The topological polar surface area (TPSA) is 112 Å². The van der Waals surface area contributed by atoms with Gasteiger partial charge in [-0.2, -0.15) is 0 Å². The second kappa shape index (κ2) is 6.15. The van der Waals surface area contributed by atoms with E-state index in [0.717, 1.165) is 5.56 Å². The van der Waals surface area contributed by atoms with Crippen LogP contribution in [0.15, 0.2) is 34.9 Å². The van der Waals surface area contributed by atoms with Crippen molar-refractivity contribution in [2.45, 2.75) is 38.6 Å². The molecule has 1 aromatic heterocycles. The zero-order valence-corrected chi connectivity index (χ0v) is 13.1. The van der Waals surface area contributed by atoms with E-state index in [1.165, 1.54) is 20.8 Å². The Bertz CT molecular complexity index is 724. The fourth-order valence-electron chi connectivity index (χ4n) is 2.55. The first-order valence-electron chi connectivity index (χ1n) is 7.04. The Morgan fingerprint density at radius 2 is 1.83 bits per heavy atom. The van der Waals surface area contributed by atoms with Crippen LogP contribution in [0.5, 0.6) is 0 Å². The van der Waals surface area contributed by atoms with Crippen molar-refractivity contribution in [2.24, 2.45) is 0 Å². The molecule has 0 spiro atoms. The molecule has 2 rings (SSSR count). The first-order chi connectivity index (χ1) is 10.7. The normalized spacial score (nSPS) is 12.8. The molecular formula is C15H17N3O5. The third kappa shape index (κ3) is 3.20. The van der Waals surface area contributed by atoms with Crippen molar-refractivity contribution in [1.82, 2.24) is 5.16 Å². The lowest BCUT2D eigenvalue weighted by atomic mass is 9.79. The lowest BCUT2D eigenvalue weighted by Gasteiger charge is -2.26. The van der Waals surface area contributed by atoms with Gasteiger partial charge in [-0.05, 0) is 12.5 Å². The molecule has 0 radical (unpaired) electrons. The van der Waals surface area contributed by atoms with Crippen LogP contribution in [0.2, 0.25) is 0 Å². The Morgan fingerprint density at radius 3 is 2.35 bits per heavy atom. The summed E-state index contributed by atoms with van der Waals surface area (Å²) in [6.07, 6.45) is 0.0230. The summed E-state index contributed by atoms with van der Waals surface area (Å²) >= 11 is 0. The van der Waals surface area contributed by atoms with Crippen LogP contribution < -0.4 is 0 Å². The van der Waals surface area contributed by atoms with Gasteiger partial charge in [0.15, 0.2) is 5.69 Å². The van der Waals surface area contributed by atoms with Crippen LogP contribution in [0.4, 0.5) is 5.69 Å². The SMILES string of the molecule is Cc1noc(C[C@@H](c2ccccc2)C(C)(C)[N+](=O)[O-])c1[N+](=O)[O-]. The molecule has 8 heteroatoms. The molecule has 0 saturated carbocycles. The number of rotatable bonds is 6. The second-order valence-electron chi connectivity index (χ2n) is 5.88. The van der Waals surface area contributed by atoms with E-state index in [-0.39, 0.29) is 28.5 Å². The number of aromatic nitrogens is 1. The molecule has 1 aromatic carbocycles. The zero-order valence-electron chi connectivity index (χ0n) is 13.1. The largest absolute Gasteiger partial charge is 0.354 e. The predicted octanol–water partition coefficient (Wildman–Crippen LogP) is 3.27. The number of nitro groups is 2. The maximum Gasteiger partial charge on any atom is 0.334 e. The van der Waals surface area contributed by atoms with E-state index in [2.05, 4.69) is 5.16 Å². The van der Waals surface area contributed by atoms with Gasteiger partial charge in [-0.15, -0.1) is 0 Å². The number of hydrogen-bond acceptors (Lipinski definition) is 6. The molecule has 0 N–H and O–H groups in total. The van der Waals surface area contributed by atoms with Crippen LogP contribution >= 0.6 is 0 Å². The number of aryl methyl sites for hydroxylation is 1. The Morgan fingerprint density at radius 1 is 1.22 bits per heavy atom. The fourth-order valence-corrected chi connectivity index (χ4v) is 2.55. The van der Waals surface area contributed by atoms with E-state index in [1.807, 2.05) is 0 Å². The van der Waals surface area contributed by atoms with Gasteiger partial charge in [-0.1, -0.05) is 35.5 Å². The van der Waals surface area contributed by atoms with Crippen LogP contribution in [-0.4, -0.2) is 20.5 Å². The first kappa shape index (κ1) is 16.6. The quantitative estimate of drug-likeness (QED) is 0.596. The summed E-state index contributed by atoms with van der Waals surface area (Å²) in [5, 5.41) is 26.3. The first-order valence-corrected chi connectivity index (χ1v) is 7.04. The third-order valence-electron chi connectivity index (χ3n) is 4.00. The number of hydrogen-bond donors (Lipinski definition) is 0. The summed E-state index contributed by atoms with van der Waals surface area (Å²) in [6, 6.07) is 8.90. The average Bonchev–Trinajstić information content (AvgIpc) is 2.86. The summed E-state index contributed by atoms with van der Waals surface area (Å²) in [5.74, 6) is -0.541. The lowest BCUT2D eigenvalue weighted by Crippen LogP contribution is -2.39. The van der Waals surface area contributed by atoms with Crippen LogP contribution in [0.25, 0.3) is 0 Å². The monoisotopic (exact) mass is 319 g/mol. The highest BCUT2D eigenvalue weighted by atomic mass is 16.6. The van der Waals surface area contributed by atoms with Gasteiger partial charge in [-0.3, -0.25) is 20.2 Å². The summed E-state index contributed by atoms with van der Waals surface area (Å²) in [7, 11) is 0. The number of benzene rings is 1. The molecule has 1 atom stereocenters. The minimum atomic E-state index is -1.32. The maximum atomic E-state index is 11.5. The van der Waals surface area contributed by atoms with E-state index >= 15 is 0 Å². The smallest absolute Gasteiger partial charge is 0.334 e. The van der Waals surface area contributed by atoms with Crippen LogP contribution in [0.3, 0.4) is 0 Å². The molecule has 1 heterocycles.